The molecule has 0 spiro atoms. The fourth-order valence-electron chi connectivity index (χ4n) is 1.34. The average Bonchev–Trinajstić information content (AvgIpc) is 2.32. The van der Waals surface area contributed by atoms with Gasteiger partial charge in [0.2, 0.25) is 0 Å². The van der Waals surface area contributed by atoms with Crippen molar-refractivity contribution in [2.24, 2.45) is 5.10 Å². The summed E-state index contributed by atoms with van der Waals surface area (Å²) in [5.74, 6) is -1.30. The minimum Gasteiger partial charge on any atom is -0.276 e. The summed E-state index contributed by atoms with van der Waals surface area (Å²) < 4.78 is 26.9. The predicted molar refractivity (Wildman–Crippen MR) is 71.7 cm³/mol. The molecule has 2 nitrogen and oxygen atoms in total. The highest BCUT2D eigenvalue weighted by Gasteiger charge is 2.01. The van der Waals surface area contributed by atoms with Gasteiger partial charge in [-0.15, -0.1) is 0 Å². The van der Waals surface area contributed by atoms with Gasteiger partial charge >= 0.3 is 0 Å². The van der Waals surface area contributed by atoms with Gasteiger partial charge in [0.25, 0.3) is 0 Å². The van der Waals surface area contributed by atoms with Crippen LogP contribution in [0, 0.1) is 11.6 Å². The lowest BCUT2D eigenvalue weighted by atomic mass is 10.2. The van der Waals surface area contributed by atoms with Crippen LogP contribution in [0.5, 0.6) is 0 Å². The number of rotatable bonds is 3. The van der Waals surface area contributed by atoms with Crippen molar-refractivity contribution in [2.45, 2.75) is 0 Å². The Morgan fingerprint density at radius 1 is 1.11 bits per heavy atom. The molecule has 0 aromatic heterocycles. The summed E-state index contributed by atoms with van der Waals surface area (Å²) in [6.45, 7) is 0. The van der Waals surface area contributed by atoms with Gasteiger partial charge in [-0.25, -0.2) is 8.78 Å². The minimum absolute atomic E-state index is 0.127. The van der Waals surface area contributed by atoms with Crippen molar-refractivity contribution in [3.05, 3.63) is 64.1 Å². The first-order valence-corrected chi connectivity index (χ1v) is 5.94. The van der Waals surface area contributed by atoms with Gasteiger partial charge in [0.15, 0.2) is 5.82 Å². The van der Waals surface area contributed by atoms with Gasteiger partial charge in [0.05, 0.1) is 11.9 Å². The lowest BCUT2D eigenvalue weighted by molar-refractivity contribution is 0.585. The number of halogens is 3. The fraction of sp³-hybridized carbons (Fsp3) is 0. The summed E-state index contributed by atoms with van der Waals surface area (Å²) in [5.41, 5.74) is 3.51. The molecule has 0 aliphatic carbocycles. The van der Waals surface area contributed by atoms with Gasteiger partial charge in [-0.2, -0.15) is 5.10 Å². The van der Waals surface area contributed by atoms with Crippen LogP contribution in [-0.4, -0.2) is 6.21 Å². The van der Waals surface area contributed by atoms with Crippen LogP contribution in [0.1, 0.15) is 5.56 Å². The monoisotopic (exact) mass is 310 g/mol. The summed E-state index contributed by atoms with van der Waals surface area (Å²) in [6, 6.07) is 10.7. The van der Waals surface area contributed by atoms with Crippen molar-refractivity contribution < 1.29 is 8.78 Å². The van der Waals surface area contributed by atoms with Crippen molar-refractivity contribution in [2.75, 3.05) is 5.43 Å². The van der Waals surface area contributed by atoms with Crippen LogP contribution in [0.3, 0.4) is 0 Å². The van der Waals surface area contributed by atoms with Crippen LogP contribution in [0.25, 0.3) is 0 Å². The summed E-state index contributed by atoms with van der Waals surface area (Å²) >= 11 is 3.33. The van der Waals surface area contributed by atoms with E-state index in [1.165, 1.54) is 12.1 Å². The average molecular weight is 311 g/mol. The third-order valence-electron chi connectivity index (χ3n) is 2.18. The minimum atomic E-state index is -0.679. The highest BCUT2D eigenvalue weighted by Crippen LogP contribution is 2.15. The quantitative estimate of drug-likeness (QED) is 0.667. The van der Waals surface area contributed by atoms with Gasteiger partial charge < -0.3 is 0 Å². The molecule has 0 atom stereocenters. The molecule has 0 amide bonds. The number of nitrogens with zero attached hydrogens (tertiary/aromatic N) is 1. The van der Waals surface area contributed by atoms with Crippen molar-refractivity contribution >= 4 is 27.8 Å². The van der Waals surface area contributed by atoms with Crippen LogP contribution in [0.2, 0.25) is 0 Å². The molecule has 18 heavy (non-hydrogen) atoms. The number of benzene rings is 2. The molecule has 0 fully saturated rings. The first-order chi connectivity index (χ1) is 8.65. The molecule has 0 unspecified atom stereocenters. The summed E-state index contributed by atoms with van der Waals surface area (Å²) in [7, 11) is 0. The second-order valence-corrected chi connectivity index (χ2v) is 4.46. The van der Waals surface area contributed by atoms with E-state index in [1.807, 2.05) is 24.3 Å². The maximum Gasteiger partial charge on any atom is 0.151 e. The van der Waals surface area contributed by atoms with Gasteiger partial charge in [-0.05, 0) is 29.8 Å². The Balaban J connectivity index is 2.07. The first kappa shape index (κ1) is 12.7. The summed E-state index contributed by atoms with van der Waals surface area (Å²) in [4.78, 5) is 0. The van der Waals surface area contributed by atoms with Crippen LogP contribution in [0.4, 0.5) is 14.5 Å². The Morgan fingerprint density at radius 3 is 2.67 bits per heavy atom. The molecule has 0 bridgehead atoms. The molecule has 0 aliphatic heterocycles. The van der Waals surface area contributed by atoms with Crippen molar-refractivity contribution in [1.29, 1.82) is 0 Å². The SMILES string of the molecule is Fc1ccc(NN=Cc2cccc(Br)c2)c(F)c1. The molecule has 92 valence electrons. The van der Waals surface area contributed by atoms with Crippen molar-refractivity contribution in [1.82, 2.24) is 0 Å². The van der Waals surface area contributed by atoms with Gasteiger partial charge in [-0.3, -0.25) is 5.43 Å². The zero-order valence-corrected chi connectivity index (χ0v) is 10.8. The molecule has 2 aromatic rings. The Labute approximate surface area is 111 Å². The van der Waals surface area contributed by atoms with E-state index in [9.17, 15) is 8.78 Å². The number of anilines is 1. The highest BCUT2D eigenvalue weighted by atomic mass is 79.9. The van der Waals surface area contributed by atoms with E-state index in [0.717, 1.165) is 16.1 Å². The zero-order valence-electron chi connectivity index (χ0n) is 9.20. The molecule has 0 aliphatic rings. The maximum atomic E-state index is 13.3. The molecule has 2 aromatic carbocycles. The third kappa shape index (κ3) is 3.37. The predicted octanol–water partition coefficient (Wildman–Crippen LogP) is 4.17. The first-order valence-electron chi connectivity index (χ1n) is 5.15. The van der Waals surface area contributed by atoms with Gasteiger partial charge in [0, 0.05) is 10.5 Å². The number of hydrogen-bond donors (Lipinski definition) is 1. The largest absolute Gasteiger partial charge is 0.276 e. The van der Waals surface area contributed by atoms with Crippen LogP contribution in [-0.2, 0) is 0 Å². The number of hydrazone groups is 1. The summed E-state index contributed by atoms with van der Waals surface area (Å²) in [5, 5.41) is 3.89. The number of hydrogen-bond acceptors (Lipinski definition) is 2. The van der Waals surface area contributed by atoms with E-state index in [-0.39, 0.29) is 5.69 Å². The van der Waals surface area contributed by atoms with Crippen LogP contribution >= 0.6 is 15.9 Å². The fourth-order valence-corrected chi connectivity index (χ4v) is 1.76. The van der Waals surface area contributed by atoms with E-state index in [2.05, 4.69) is 26.5 Å². The molecule has 2 rings (SSSR count). The van der Waals surface area contributed by atoms with Crippen molar-refractivity contribution in [3.8, 4) is 0 Å². The highest BCUT2D eigenvalue weighted by molar-refractivity contribution is 9.10. The van der Waals surface area contributed by atoms with E-state index < -0.39 is 11.6 Å². The molecule has 0 saturated heterocycles. The molecule has 0 radical (unpaired) electrons. The Kier molecular flexibility index (Phi) is 4.04. The van der Waals surface area contributed by atoms with E-state index in [0.29, 0.717) is 0 Å². The zero-order chi connectivity index (χ0) is 13.0. The van der Waals surface area contributed by atoms with E-state index in [1.54, 1.807) is 6.21 Å². The van der Waals surface area contributed by atoms with Crippen LogP contribution in [0.15, 0.2) is 52.0 Å². The van der Waals surface area contributed by atoms with Gasteiger partial charge in [0.1, 0.15) is 5.82 Å². The molecule has 1 N–H and O–H groups in total. The van der Waals surface area contributed by atoms with E-state index in [4.69, 9.17) is 0 Å². The molecular weight excluding hydrogens is 302 g/mol. The van der Waals surface area contributed by atoms with Crippen molar-refractivity contribution in [3.63, 3.8) is 0 Å². The van der Waals surface area contributed by atoms with E-state index >= 15 is 0 Å². The summed E-state index contributed by atoms with van der Waals surface area (Å²) in [6.07, 6.45) is 1.55. The molecule has 0 saturated carbocycles. The lowest BCUT2D eigenvalue weighted by Gasteiger charge is -2.01. The normalized spacial score (nSPS) is 10.8. The lowest BCUT2D eigenvalue weighted by Crippen LogP contribution is -1.94. The second kappa shape index (κ2) is 5.73. The topological polar surface area (TPSA) is 24.4 Å². The van der Waals surface area contributed by atoms with Crippen LogP contribution < -0.4 is 5.43 Å². The third-order valence-corrected chi connectivity index (χ3v) is 2.67. The Morgan fingerprint density at radius 2 is 1.94 bits per heavy atom. The standard InChI is InChI=1S/C13H9BrF2N2/c14-10-3-1-2-9(6-10)8-17-18-13-5-4-11(15)7-12(13)16/h1-8,18H. The Bertz CT molecular complexity index is 585. The smallest absolute Gasteiger partial charge is 0.151 e. The molecule has 5 heteroatoms. The Hall–Kier alpha value is -1.75. The second-order valence-electron chi connectivity index (χ2n) is 3.55. The molecule has 0 heterocycles. The van der Waals surface area contributed by atoms with Gasteiger partial charge in [-0.1, -0.05) is 28.1 Å². The molecular formula is C13H9BrF2N2. The maximum absolute atomic E-state index is 13.3. The number of nitrogens with one attached hydrogen (secondary N) is 1.